The number of halogens is 3. The van der Waals surface area contributed by atoms with Crippen molar-refractivity contribution in [2.45, 2.75) is 19.3 Å². The van der Waals surface area contributed by atoms with Gasteiger partial charge < -0.3 is 14.5 Å². The van der Waals surface area contributed by atoms with Crippen LogP contribution in [-0.4, -0.2) is 18.7 Å². The van der Waals surface area contributed by atoms with Crippen LogP contribution in [-0.2, 0) is 17.9 Å². The Hall–Kier alpha value is -3.13. The summed E-state index contributed by atoms with van der Waals surface area (Å²) in [5, 5.41) is 3.26. The number of carbonyl (C=O) groups is 1. The Labute approximate surface area is 157 Å². The molecule has 0 aliphatic rings. The van der Waals surface area contributed by atoms with Crippen LogP contribution in [0.4, 0.5) is 13.2 Å². The molecule has 28 heavy (non-hydrogen) atoms. The number of benzene rings is 2. The van der Waals surface area contributed by atoms with E-state index in [1.807, 2.05) is 0 Å². The summed E-state index contributed by atoms with van der Waals surface area (Å²) < 4.78 is 45.9. The second-order valence-electron chi connectivity index (χ2n) is 6.09. The molecule has 2 aromatic carbocycles. The minimum atomic E-state index is -4.36. The highest BCUT2D eigenvalue weighted by atomic mass is 19.4. The molecule has 1 heterocycles. The minimum Gasteiger partial charge on any atom is -0.422 e. The highest BCUT2D eigenvalue weighted by Gasteiger charge is 2.27. The first kappa shape index (κ1) is 19.6. The zero-order chi connectivity index (χ0) is 20.1. The first-order valence-corrected chi connectivity index (χ1v) is 8.35. The van der Waals surface area contributed by atoms with E-state index in [4.69, 9.17) is 4.42 Å². The molecule has 5 nitrogen and oxygen atoms in total. The molecule has 0 aliphatic carbocycles. The van der Waals surface area contributed by atoms with Crippen LogP contribution in [0.25, 0.3) is 11.0 Å². The number of fused-ring (bicyclic) bond motifs is 1. The number of para-hydroxylation sites is 1. The molecule has 0 unspecified atom stereocenters. The summed E-state index contributed by atoms with van der Waals surface area (Å²) in [4.78, 5) is 24.3. The van der Waals surface area contributed by atoms with E-state index in [1.165, 1.54) is 6.07 Å². The molecular weight excluding hydrogens is 375 g/mol. The van der Waals surface area contributed by atoms with Crippen molar-refractivity contribution < 1.29 is 27.1 Å². The lowest BCUT2D eigenvalue weighted by Crippen LogP contribution is -2.27. The van der Waals surface area contributed by atoms with E-state index in [0.717, 1.165) is 5.56 Å². The fraction of sp³-hybridized carbons (Fsp3) is 0.200. The van der Waals surface area contributed by atoms with Crippen LogP contribution in [0.15, 0.2) is 63.8 Å². The molecule has 3 rings (SSSR count). The Bertz CT molecular complexity index is 1030. The summed E-state index contributed by atoms with van der Waals surface area (Å²) in [5.41, 5.74) is 0.865. The Balaban J connectivity index is 1.59. The van der Waals surface area contributed by atoms with Crippen molar-refractivity contribution in [1.29, 1.82) is 0 Å². The van der Waals surface area contributed by atoms with Gasteiger partial charge >= 0.3 is 11.8 Å². The monoisotopic (exact) mass is 391 g/mol. The first-order valence-electron chi connectivity index (χ1n) is 8.35. The molecule has 0 saturated carbocycles. The standard InChI is InChI=1S/C20H16F3NO4/c21-20(22,23)12-27-11-14-7-5-13(6-8-14)10-24-18(25)16-9-15-3-1-2-4-17(15)28-19(16)26/h1-9H,10-12H2,(H,24,25). The number of rotatable bonds is 6. The molecule has 0 fully saturated rings. The van der Waals surface area contributed by atoms with Gasteiger partial charge in [-0.15, -0.1) is 0 Å². The van der Waals surface area contributed by atoms with Gasteiger partial charge in [-0.25, -0.2) is 4.79 Å². The van der Waals surface area contributed by atoms with Gasteiger partial charge in [-0.3, -0.25) is 4.79 Å². The molecule has 146 valence electrons. The molecule has 1 amide bonds. The third kappa shape index (κ3) is 5.20. The average molecular weight is 391 g/mol. The maximum atomic E-state index is 12.3. The second kappa shape index (κ2) is 8.26. The number of carbonyl (C=O) groups excluding carboxylic acids is 1. The van der Waals surface area contributed by atoms with Gasteiger partial charge in [0.2, 0.25) is 0 Å². The molecule has 8 heteroatoms. The third-order valence-electron chi connectivity index (χ3n) is 3.90. The number of nitrogens with one attached hydrogen (secondary N) is 1. The largest absolute Gasteiger partial charge is 0.422 e. The maximum absolute atomic E-state index is 12.3. The molecule has 0 aliphatic heterocycles. The van der Waals surface area contributed by atoms with Crippen molar-refractivity contribution >= 4 is 16.9 Å². The second-order valence-corrected chi connectivity index (χ2v) is 6.09. The van der Waals surface area contributed by atoms with Crippen LogP contribution in [0.3, 0.4) is 0 Å². The predicted octanol–water partition coefficient (Wildman–Crippen LogP) is 3.80. The van der Waals surface area contributed by atoms with E-state index < -0.39 is 24.3 Å². The molecule has 3 aromatic rings. The summed E-state index contributed by atoms with van der Waals surface area (Å²) in [7, 11) is 0. The van der Waals surface area contributed by atoms with Gasteiger partial charge in [0.05, 0.1) is 6.61 Å². The average Bonchev–Trinajstić information content (AvgIpc) is 2.65. The molecule has 0 spiro atoms. The fourth-order valence-electron chi connectivity index (χ4n) is 2.54. The van der Waals surface area contributed by atoms with Gasteiger partial charge in [0, 0.05) is 11.9 Å². The van der Waals surface area contributed by atoms with Gasteiger partial charge in [-0.2, -0.15) is 13.2 Å². The topological polar surface area (TPSA) is 68.5 Å². The van der Waals surface area contributed by atoms with Crippen molar-refractivity contribution in [2.75, 3.05) is 6.61 Å². The van der Waals surface area contributed by atoms with Crippen LogP contribution < -0.4 is 10.9 Å². The minimum absolute atomic E-state index is 0.101. The summed E-state index contributed by atoms with van der Waals surface area (Å²) in [6.45, 7) is -1.32. The van der Waals surface area contributed by atoms with Crippen molar-refractivity contribution in [2.24, 2.45) is 0 Å². The third-order valence-corrected chi connectivity index (χ3v) is 3.90. The van der Waals surface area contributed by atoms with E-state index in [1.54, 1.807) is 48.5 Å². The van der Waals surface area contributed by atoms with E-state index in [-0.39, 0.29) is 18.7 Å². The SMILES string of the molecule is O=C(NCc1ccc(COCC(F)(F)F)cc1)c1cc2ccccc2oc1=O. The number of ether oxygens (including phenoxy) is 1. The van der Waals surface area contributed by atoms with Crippen molar-refractivity contribution in [3.63, 3.8) is 0 Å². The molecule has 0 radical (unpaired) electrons. The quantitative estimate of drug-likeness (QED) is 0.649. The van der Waals surface area contributed by atoms with Gasteiger partial charge in [0.25, 0.3) is 5.91 Å². The number of hydrogen-bond acceptors (Lipinski definition) is 4. The highest BCUT2D eigenvalue weighted by molar-refractivity contribution is 5.96. The van der Waals surface area contributed by atoms with Crippen LogP contribution >= 0.6 is 0 Å². The van der Waals surface area contributed by atoms with Crippen molar-refractivity contribution in [3.05, 3.63) is 81.7 Å². The van der Waals surface area contributed by atoms with Gasteiger partial charge in [-0.05, 0) is 23.3 Å². The lowest BCUT2D eigenvalue weighted by Gasteiger charge is -2.09. The lowest BCUT2D eigenvalue weighted by atomic mass is 10.1. The van der Waals surface area contributed by atoms with Crippen LogP contribution in [0.5, 0.6) is 0 Å². The smallest absolute Gasteiger partial charge is 0.411 e. The fourth-order valence-corrected chi connectivity index (χ4v) is 2.54. The predicted molar refractivity (Wildman–Crippen MR) is 95.8 cm³/mol. The summed E-state index contributed by atoms with van der Waals surface area (Å²) in [6, 6.07) is 14.9. The van der Waals surface area contributed by atoms with Crippen LogP contribution in [0, 0.1) is 0 Å². The van der Waals surface area contributed by atoms with Gasteiger partial charge in [0.1, 0.15) is 17.8 Å². The highest BCUT2D eigenvalue weighted by Crippen LogP contribution is 2.16. The molecule has 1 N–H and O–H groups in total. The van der Waals surface area contributed by atoms with E-state index in [2.05, 4.69) is 10.1 Å². The van der Waals surface area contributed by atoms with Crippen molar-refractivity contribution in [3.8, 4) is 0 Å². The summed E-state index contributed by atoms with van der Waals surface area (Å²) in [5.74, 6) is -0.572. The molecule has 1 aromatic heterocycles. The number of hydrogen-bond donors (Lipinski definition) is 1. The van der Waals surface area contributed by atoms with E-state index in [9.17, 15) is 22.8 Å². The summed E-state index contributed by atoms with van der Waals surface area (Å²) >= 11 is 0. The first-order chi connectivity index (χ1) is 13.3. The van der Waals surface area contributed by atoms with Crippen LogP contribution in [0.1, 0.15) is 21.5 Å². The van der Waals surface area contributed by atoms with E-state index >= 15 is 0 Å². The van der Waals surface area contributed by atoms with Gasteiger partial charge in [-0.1, -0.05) is 42.5 Å². The molecule has 0 bridgehead atoms. The zero-order valence-corrected chi connectivity index (χ0v) is 14.6. The molecular formula is C20H16F3NO4. The Kier molecular flexibility index (Phi) is 5.79. The normalized spacial score (nSPS) is 11.5. The number of alkyl halides is 3. The Morgan fingerprint density at radius 2 is 1.71 bits per heavy atom. The Morgan fingerprint density at radius 1 is 1.04 bits per heavy atom. The van der Waals surface area contributed by atoms with E-state index in [0.29, 0.717) is 16.5 Å². The Morgan fingerprint density at radius 3 is 2.43 bits per heavy atom. The van der Waals surface area contributed by atoms with Crippen molar-refractivity contribution in [1.82, 2.24) is 5.32 Å². The summed E-state index contributed by atoms with van der Waals surface area (Å²) in [6.07, 6.45) is -4.36. The number of amides is 1. The molecule has 0 saturated heterocycles. The maximum Gasteiger partial charge on any atom is 0.411 e. The molecule has 0 atom stereocenters. The zero-order valence-electron chi connectivity index (χ0n) is 14.6. The lowest BCUT2D eigenvalue weighted by molar-refractivity contribution is -0.176. The van der Waals surface area contributed by atoms with Gasteiger partial charge in [0.15, 0.2) is 0 Å². The van der Waals surface area contributed by atoms with Crippen LogP contribution in [0.2, 0.25) is 0 Å².